The molecule has 41 heavy (non-hydrogen) atoms. The number of carboxylic acids is 1. The van der Waals surface area contributed by atoms with Crippen molar-refractivity contribution in [2.24, 2.45) is 5.41 Å². The third kappa shape index (κ3) is 7.49. The Morgan fingerprint density at radius 3 is 1.61 bits per heavy atom. The van der Waals surface area contributed by atoms with Gasteiger partial charge in [-0.15, -0.1) is 0 Å². The lowest BCUT2D eigenvalue weighted by Crippen LogP contribution is -2.31. The largest absolute Gasteiger partial charge is 0.508 e. The molecule has 0 aliphatic heterocycles. The predicted octanol–water partition coefficient (Wildman–Crippen LogP) is 9.28. The van der Waals surface area contributed by atoms with Crippen molar-refractivity contribution >= 4 is 27.9 Å². The van der Waals surface area contributed by atoms with Gasteiger partial charge in [0, 0.05) is 0 Å². The molecule has 216 valence electrons. The molecular formula is C36H42O5. The first-order chi connectivity index (χ1) is 19.5. The summed E-state index contributed by atoms with van der Waals surface area (Å²) < 4.78 is 5.23. The average molecular weight is 555 g/mol. The highest BCUT2D eigenvalue weighted by atomic mass is 16.5. The van der Waals surface area contributed by atoms with Crippen LogP contribution < -0.4 is 4.74 Å². The maximum atomic E-state index is 11.5. The standard InChI is InChI=1S/C18H22O3.C18H20O2/c1-5-16(18(2,3)17(19)20)14-7-6-13-11-15(21-4)9-8-12(13)10-14;1-3-17(13-5-9-15(19)10-6-13)18(4-2)14-7-11-16(20)12-8-14/h6-11,16H,5H2,1-4H3,(H,19,20);5-12,19-20H,3-4H2,1-2H3/b;18-17+. The molecule has 0 aliphatic rings. The zero-order valence-electron chi connectivity index (χ0n) is 24.9. The highest BCUT2D eigenvalue weighted by Crippen LogP contribution is 2.39. The molecule has 0 saturated heterocycles. The molecule has 0 bridgehead atoms. The van der Waals surface area contributed by atoms with E-state index in [4.69, 9.17) is 4.74 Å². The van der Waals surface area contributed by atoms with Crippen LogP contribution in [0, 0.1) is 5.41 Å². The monoisotopic (exact) mass is 554 g/mol. The van der Waals surface area contributed by atoms with Crippen LogP contribution in [0.25, 0.3) is 21.9 Å². The Morgan fingerprint density at radius 1 is 0.732 bits per heavy atom. The van der Waals surface area contributed by atoms with E-state index in [2.05, 4.69) is 19.9 Å². The quantitative estimate of drug-likeness (QED) is 0.179. The molecule has 0 amide bonds. The fourth-order valence-corrected chi connectivity index (χ4v) is 5.41. The summed E-state index contributed by atoms with van der Waals surface area (Å²) in [4.78, 5) is 11.5. The molecule has 4 rings (SSSR count). The van der Waals surface area contributed by atoms with Gasteiger partial charge < -0.3 is 20.1 Å². The average Bonchev–Trinajstić information content (AvgIpc) is 2.97. The number of rotatable bonds is 9. The second kappa shape index (κ2) is 13.9. The molecule has 5 nitrogen and oxygen atoms in total. The van der Waals surface area contributed by atoms with E-state index >= 15 is 0 Å². The number of hydrogen-bond donors (Lipinski definition) is 3. The number of ether oxygens (including phenoxy) is 1. The minimum Gasteiger partial charge on any atom is -0.508 e. The minimum atomic E-state index is -0.783. The summed E-state index contributed by atoms with van der Waals surface area (Å²) in [5.41, 5.74) is 5.11. The second-order valence-electron chi connectivity index (χ2n) is 10.7. The zero-order chi connectivity index (χ0) is 30.2. The van der Waals surface area contributed by atoms with Crippen molar-refractivity contribution in [3.8, 4) is 17.2 Å². The number of phenolic OH excluding ortho intramolecular Hbond substituents is 2. The van der Waals surface area contributed by atoms with Crippen LogP contribution in [0.3, 0.4) is 0 Å². The van der Waals surface area contributed by atoms with Crippen molar-refractivity contribution in [3.05, 3.63) is 102 Å². The molecule has 4 aromatic carbocycles. The number of allylic oxidation sites excluding steroid dienone is 2. The maximum absolute atomic E-state index is 11.5. The molecule has 1 atom stereocenters. The fourth-order valence-electron chi connectivity index (χ4n) is 5.41. The summed E-state index contributed by atoms with van der Waals surface area (Å²) >= 11 is 0. The van der Waals surface area contributed by atoms with E-state index in [0.717, 1.165) is 52.5 Å². The Bertz CT molecular complexity index is 1430. The van der Waals surface area contributed by atoms with E-state index in [-0.39, 0.29) is 17.4 Å². The van der Waals surface area contributed by atoms with Crippen molar-refractivity contribution < 1.29 is 24.9 Å². The van der Waals surface area contributed by atoms with E-state index < -0.39 is 11.4 Å². The number of benzene rings is 4. The van der Waals surface area contributed by atoms with E-state index in [0.29, 0.717) is 0 Å². The van der Waals surface area contributed by atoms with Gasteiger partial charge in [0.1, 0.15) is 17.2 Å². The number of methoxy groups -OCH3 is 1. The molecule has 0 heterocycles. The first kappa shape index (κ1) is 31.3. The molecule has 0 aromatic heterocycles. The van der Waals surface area contributed by atoms with Crippen molar-refractivity contribution in [3.63, 3.8) is 0 Å². The number of fused-ring (bicyclic) bond motifs is 1. The van der Waals surface area contributed by atoms with Gasteiger partial charge in [0.05, 0.1) is 12.5 Å². The Balaban J connectivity index is 0.000000226. The summed E-state index contributed by atoms with van der Waals surface area (Å²) in [5, 5.41) is 30.5. The molecule has 0 fully saturated rings. The molecule has 5 heteroatoms. The fraction of sp³-hybridized carbons (Fsp3) is 0.306. The number of aliphatic carboxylic acids is 1. The predicted molar refractivity (Wildman–Crippen MR) is 169 cm³/mol. The first-order valence-corrected chi connectivity index (χ1v) is 14.2. The summed E-state index contributed by atoms with van der Waals surface area (Å²) in [6, 6.07) is 26.7. The zero-order valence-corrected chi connectivity index (χ0v) is 24.9. The van der Waals surface area contributed by atoms with Crippen LogP contribution >= 0.6 is 0 Å². The number of phenols is 2. The Labute approximate surface area is 243 Å². The van der Waals surface area contributed by atoms with Crippen molar-refractivity contribution in [2.75, 3.05) is 7.11 Å². The lowest BCUT2D eigenvalue weighted by molar-refractivity contribution is -0.148. The van der Waals surface area contributed by atoms with E-state index in [9.17, 15) is 20.1 Å². The molecule has 0 radical (unpaired) electrons. The SMILES string of the molecule is CC/C(=C(/CC)c1ccc(O)cc1)c1ccc(O)cc1.CCC(c1ccc2cc(OC)ccc2c1)C(C)(C)C(=O)O. The topological polar surface area (TPSA) is 87.0 Å². The second-order valence-corrected chi connectivity index (χ2v) is 10.7. The summed E-state index contributed by atoms with van der Waals surface area (Å²) in [5.74, 6) is 0.623. The molecule has 0 aliphatic carbocycles. The third-order valence-corrected chi connectivity index (χ3v) is 7.81. The maximum Gasteiger partial charge on any atom is 0.309 e. The van der Waals surface area contributed by atoms with Gasteiger partial charge in [0.2, 0.25) is 0 Å². The van der Waals surface area contributed by atoms with Gasteiger partial charge in [-0.1, -0.05) is 69.3 Å². The van der Waals surface area contributed by atoms with Gasteiger partial charge in [-0.25, -0.2) is 0 Å². The highest BCUT2D eigenvalue weighted by Gasteiger charge is 2.36. The summed E-state index contributed by atoms with van der Waals surface area (Å²) in [6.07, 6.45) is 2.64. The van der Waals surface area contributed by atoms with E-state index in [1.807, 2.05) is 61.5 Å². The van der Waals surface area contributed by atoms with E-state index in [1.54, 1.807) is 45.2 Å². The van der Waals surface area contributed by atoms with Crippen molar-refractivity contribution in [1.82, 2.24) is 0 Å². The van der Waals surface area contributed by atoms with Crippen LogP contribution in [0.2, 0.25) is 0 Å². The van der Waals surface area contributed by atoms with Crippen LogP contribution in [0.4, 0.5) is 0 Å². The summed E-state index contributed by atoms with van der Waals surface area (Å²) in [6.45, 7) is 9.90. The Hall–Kier alpha value is -4.25. The van der Waals surface area contributed by atoms with Crippen molar-refractivity contribution in [1.29, 1.82) is 0 Å². The molecule has 4 aromatic rings. The Kier molecular flexibility index (Phi) is 10.6. The number of hydrogen-bond acceptors (Lipinski definition) is 4. The van der Waals surface area contributed by atoms with Gasteiger partial charge in [0.15, 0.2) is 0 Å². The third-order valence-electron chi connectivity index (χ3n) is 7.81. The first-order valence-electron chi connectivity index (χ1n) is 14.2. The number of aromatic hydroxyl groups is 2. The number of carboxylic acid groups (broad SMARTS) is 1. The van der Waals surface area contributed by atoms with Gasteiger partial charge >= 0.3 is 5.97 Å². The minimum absolute atomic E-state index is 0.0125. The van der Waals surface area contributed by atoms with Crippen LogP contribution in [0.15, 0.2) is 84.9 Å². The molecular weight excluding hydrogens is 512 g/mol. The van der Waals surface area contributed by atoms with Gasteiger partial charge in [-0.05, 0) is 114 Å². The van der Waals surface area contributed by atoms with Crippen LogP contribution in [-0.4, -0.2) is 28.4 Å². The number of carbonyl (C=O) groups is 1. The Morgan fingerprint density at radius 2 is 1.20 bits per heavy atom. The van der Waals surface area contributed by atoms with Crippen LogP contribution in [-0.2, 0) is 4.79 Å². The van der Waals surface area contributed by atoms with Gasteiger partial charge in [-0.3, -0.25) is 4.79 Å². The van der Waals surface area contributed by atoms with Crippen molar-refractivity contribution in [2.45, 2.75) is 59.8 Å². The van der Waals surface area contributed by atoms with Gasteiger partial charge in [-0.2, -0.15) is 0 Å². The lowest BCUT2D eigenvalue weighted by Gasteiger charge is -2.30. The molecule has 0 saturated carbocycles. The lowest BCUT2D eigenvalue weighted by atomic mass is 9.73. The normalized spacial score (nSPS) is 12.6. The smallest absolute Gasteiger partial charge is 0.309 e. The molecule has 0 spiro atoms. The van der Waals surface area contributed by atoms with Crippen LogP contribution in [0.1, 0.15) is 76.5 Å². The van der Waals surface area contributed by atoms with Crippen LogP contribution in [0.5, 0.6) is 17.2 Å². The molecule has 1 unspecified atom stereocenters. The van der Waals surface area contributed by atoms with E-state index in [1.165, 1.54) is 11.1 Å². The summed E-state index contributed by atoms with van der Waals surface area (Å²) in [7, 11) is 1.65. The highest BCUT2D eigenvalue weighted by molar-refractivity contribution is 5.91. The van der Waals surface area contributed by atoms with Gasteiger partial charge in [0.25, 0.3) is 0 Å². The molecule has 3 N–H and O–H groups in total.